The van der Waals surface area contributed by atoms with Crippen LogP contribution in [0.2, 0.25) is 0 Å². The Morgan fingerprint density at radius 3 is 1.38 bits per heavy atom. The molecule has 60 heavy (non-hydrogen) atoms. The van der Waals surface area contributed by atoms with Gasteiger partial charge in [-0.3, -0.25) is 0 Å². The second-order valence-electron chi connectivity index (χ2n) is 16.0. The molecule has 0 saturated heterocycles. The third kappa shape index (κ3) is 5.19. The molecule has 0 unspecified atom stereocenters. The van der Waals surface area contributed by atoms with Crippen molar-refractivity contribution in [2.24, 2.45) is 0 Å². The highest BCUT2D eigenvalue weighted by molar-refractivity contribution is 6.11. The number of fused-ring (bicyclic) bond motifs is 9. The van der Waals surface area contributed by atoms with Gasteiger partial charge in [0, 0.05) is 16.9 Å². The van der Waals surface area contributed by atoms with Crippen molar-refractivity contribution < 1.29 is 0 Å². The van der Waals surface area contributed by atoms with Gasteiger partial charge in [-0.15, -0.1) is 0 Å². The highest BCUT2D eigenvalue weighted by atomic mass is 15.1. The van der Waals surface area contributed by atoms with E-state index in [1.807, 2.05) is 0 Å². The molecule has 0 spiro atoms. The first-order valence-corrected chi connectivity index (χ1v) is 20.8. The van der Waals surface area contributed by atoms with E-state index in [1.54, 1.807) is 0 Å². The highest BCUT2D eigenvalue weighted by Crippen LogP contribution is 2.60. The largest absolute Gasteiger partial charge is 0.310 e. The van der Waals surface area contributed by atoms with Gasteiger partial charge in [0.05, 0.1) is 11.1 Å². The molecule has 11 aromatic carbocycles. The monoisotopic (exact) mass is 761 g/mol. The Morgan fingerprint density at radius 2 is 0.800 bits per heavy atom. The minimum Gasteiger partial charge on any atom is -0.310 e. The van der Waals surface area contributed by atoms with Gasteiger partial charge in [-0.05, 0) is 118 Å². The van der Waals surface area contributed by atoms with E-state index >= 15 is 0 Å². The van der Waals surface area contributed by atoms with Crippen molar-refractivity contribution in [3.05, 3.63) is 259 Å². The molecule has 1 nitrogen and oxygen atoms in total. The van der Waals surface area contributed by atoms with Crippen molar-refractivity contribution in [2.75, 3.05) is 4.90 Å². The SMILES string of the molecule is c1ccc(-c2ccc3c(c2)C(c2ccccc2)(c2ccccc2)c2cccc(N(c4ccc5c(ccc6ccccc65)c4)c4ccc5c(ccc6ccccc65)c4)c2-3)cc1. The summed E-state index contributed by atoms with van der Waals surface area (Å²) in [5, 5.41) is 9.98. The predicted octanol–water partition coefficient (Wildman–Crippen LogP) is 15.8. The van der Waals surface area contributed by atoms with E-state index in [9.17, 15) is 0 Å². The maximum absolute atomic E-state index is 2.50. The Labute approximate surface area is 350 Å². The van der Waals surface area contributed by atoms with Crippen LogP contribution in [0.5, 0.6) is 0 Å². The lowest BCUT2D eigenvalue weighted by atomic mass is 9.67. The Kier molecular flexibility index (Phi) is 7.83. The van der Waals surface area contributed by atoms with Gasteiger partial charge in [0.1, 0.15) is 0 Å². The molecule has 1 aliphatic rings. The summed E-state index contributed by atoms with van der Waals surface area (Å²) in [6.07, 6.45) is 0. The molecule has 1 heteroatoms. The number of nitrogens with zero attached hydrogens (tertiary/aromatic N) is 1. The predicted molar refractivity (Wildman–Crippen MR) is 254 cm³/mol. The van der Waals surface area contributed by atoms with Crippen LogP contribution in [0.4, 0.5) is 17.1 Å². The topological polar surface area (TPSA) is 3.24 Å². The Morgan fingerprint density at radius 1 is 0.300 bits per heavy atom. The van der Waals surface area contributed by atoms with E-state index in [0.717, 1.165) is 17.1 Å². The standard InChI is InChI=1S/C59H39N/c1-4-15-40(16-5-1)43-31-34-54-56(39-43)59(46-19-6-2-7-20-46,47-21-8-3-9-22-47)55-25-14-26-57(58(54)55)60(48-32-35-52-44(37-48)29-27-41-17-10-12-23-50(41)52)49-33-36-53-45(38-49)30-28-42-18-11-13-24-51(42)53/h1-39H. The molecule has 12 rings (SSSR count). The van der Waals surface area contributed by atoms with Gasteiger partial charge in [-0.25, -0.2) is 0 Å². The van der Waals surface area contributed by atoms with Crippen molar-refractivity contribution in [1.29, 1.82) is 0 Å². The van der Waals surface area contributed by atoms with Crippen molar-refractivity contribution >= 4 is 60.2 Å². The lowest BCUT2D eigenvalue weighted by Gasteiger charge is -2.34. The number of hydrogen-bond acceptors (Lipinski definition) is 1. The first kappa shape index (κ1) is 34.3. The Balaban J connectivity index is 1.17. The van der Waals surface area contributed by atoms with Crippen molar-refractivity contribution in [3.63, 3.8) is 0 Å². The van der Waals surface area contributed by atoms with Gasteiger partial charge in [0.15, 0.2) is 0 Å². The molecule has 0 aromatic heterocycles. The lowest BCUT2D eigenvalue weighted by molar-refractivity contribution is 0.769. The molecular formula is C59H39N. The molecule has 0 radical (unpaired) electrons. The highest BCUT2D eigenvalue weighted by Gasteiger charge is 2.47. The second kappa shape index (κ2) is 13.7. The van der Waals surface area contributed by atoms with Crippen LogP contribution in [0.25, 0.3) is 65.3 Å². The van der Waals surface area contributed by atoms with Gasteiger partial charge < -0.3 is 4.90 Å². The van der Waals surface area contributed by atoms with Crippen LogP contribution in [0.1, 0.15) is 22.3 Å². The maximum atomic E-state index is 2.50. The number of benzene rings is 11. The number of anilines is 3. The summed E-state index contributed by atoms with van der Waals surface area (Å²) in [6, 6.07) is 87.6. The van der Waals surface area contributed by atoms with Crippen molar-refractivity contribution in [3.8, 4) is 22.3 Å². The van der Waals surface area contributed by atoms with Gasteiger partial charge >= 0.3 is 0 Å². The average Bonchev–Trinajstić information content (AvgIpc) is 3.63. The van der Waals surface area contributed by atoms with E-state index in [2.05, 4.69) is 241 Å². The van der Waals surface area contributed by atoms with Gasteiger partial charge in [-0.1, -0.05) is 200 Å². The van der Waals surface area contributed by atoms with Crippen molar-refractivity contribution in [1.82, 2.24) is 0 Å². The summed E-state index contributed by atoms with van der Waals surface area (Å²) >= 11 is 0. The molecule has 0 saturated carbocycles. The molecule has 0 fully saturated rings. The third-order valence-corrected chi connectivity index (χ3v) is 12.9. The van der Waals surface area contributed by atoms with E-state index in [-0.39, 0.29) is 0 Å². The molecule has 1 aliphatic carbocycles. The zero-order chi connectivity index (χ0) is 39.6. The molecule has 0 aliphatic heterocycles. The fourth-order valence-electron chi connectivity index (χ4n) is 10.2. The van der Waals surface area contributed by atoms with Crippen molar-refractivity contribution in [2.45, 2.75) is 5.41 Å². The van der Waals surface area contributed by atoms with Crippen LogP contribution in [0.15, 0.2) is 237 Å². The van der Waals surface area contributed by atoms with Gasteiger partial charge in [0.2, 0.25) is 0 Å². The summed E-state index contributed by atoms with van der Waals surface area (Å²) < 4.78 is 0. The van der Waals surface area contributed by atoms with Gasteiger partial charge in [-0.2, -0.15) is 0 Å². The quantitative estimate of drug-likeness (QED) is 0.153. The summed E-state index contributed by atoms with van der Waals surface area (Å²) in [5.41, 5.74) is 12.8. The number of hydrogen-bond donors (Lipinski definition) is 0. The lowest BCUT2D eigenvalue weighted by Crippen LogP contribution is -2.28. The summed E-state index contributed by atoms with van der Waals surface area (Å²) in [4.78, 5) is 2.50. The fourth-order valence-corrected chi connectivity index (χ4v) is 10.2. The fraction of sp³-hybridized carbons (Fsp3) is 0.0169. The first-order chi connectivity index (χ1) is 29.8. The molecule has 0 N–H and O–H groups in total. The normalized spacial score (nSPS) is 12.8. The minimum absolute atomic E-state index is 0.565. The molecule has 0 bridgehead atoms. The zero-order valence-electron chi connectivity index (χ0n) is 33.0. The molecule has 0 amide bonds. The Bertz CT molecular complexity index is 3260. The molecular weight excluding hydrogens is 723 g/mol. The van der Waals surface area contributed by atoms with Crippen LogP contribution in [0.3, 0.4) is 0 Å². The Hall–Kier alpha value is -7.74. The number of rotatable bonds is 6. The molecule has 11 aromatic rings. The van der Waals surface area contributed by atoms with Gasteiger partial charge in [0.25, 0.3) is 0 Å². The van der Waals surface area contributed by atoms with Crippen LogP contribution < -0.4 is 4.90 Å². The van der Waals surface area contributed by atoms with E-state index < -0.39 is 5.41 Å². The molecule has 0 atom stereocenters. The minimum atomic E-state index is -0.565. The first-order valence-electron chi connectivity index (χ1n) is 20.8. The summed E-state index contributed by atoms with van der Waals surface area (Å²) in [7, 11) is 0. The van der Waals surface area contributed by atoms with E-state index in [4.69, 9.17) is 0 Å². The average molecular weight is 762 g/mol. The third-order valence-electron chi connectivity index (χ3n) is 12.9. The molecule has 280 valence electrons. The van der Waals surface area contributed by atoms with E-state index in [0.29, 0.717) is 0 Å². The van der Waals surface area contributed by atoms with E-state index in [1.165, 1.54) is 87.6 Å². The van der Waals surface area contributed by atoms with Crippen LogP contribution in [0, 0.1) is 0 Å². The zero-order valence-corrected chi connectivity index (χ0v) is 33.0. The summed E-state index contributed by atoms with van der Waals surface area (Å²) in [5.74, 6) is 0. The van der Waals surface area contributed by atoms with Crippen LogP contribution >= 0.6 is 0 Å². The smallest absolute Gasteiger partial charge is 0.0714 e. The second-order valence-corrected chi connectivity index (χ2v) is 16.0. The molecule has 0 heterocycles. The summed E-state index contributed by atoms with van der Waals surface area (Å²) in [6.45, 7) is 0. The van der Waals surface area contributed by atoms with Crippen LogP contribution in [-0.4, -0.2) is 0 Å². The maximum Gasteiger partial charge on any atom is 0.0714 e. The van der Waals surface area contributed by atoms with Crippen LogP contribution in [-0.2, 0) is 5.41 Å².